The van der Waals surface area contributed by atoms with Gasteiger partial charge in [-0.1, -0.05) is 6.08 Å². The van der Waals surface area contributed by atoms with E-state index >= 15 is 0 Å². The molecule has 1 atom stereocenters. The molecule has 1 rings (SSSR count). The Balaban J connectivity index is 2.75. The highest BCUT2D eigenvalue weighted by atomic mass is 16.6. The Labute approximate surface area is 98.2 Å². The lowest BCUT2D eigenvalue weighted by Gasteiger charge is -2.36. The summed E-state index contributed by atoms with van der Waals surface area (Å²) < 4.78 is 5.51. The van der Waals surface area contributed by atoms with Crippen molar-refractivity contribution in [2.24, 2.45) is 5.41 Å². The van der Waals surface area contributed by atoms with E-state index in [1.54, 1.807) is 0 Å². The Morgan fingerprint density at radius 3 is 2.69 bits per heavy atom. The van der Waals surface area contributed by atoms with Gasteiger partial charge < -0.3 is 10.1 Å². The van der Waals surface area contributed by atoms with Gasteiger partial charge in [0.05, 0.1) is 5.41 Å². The van der Waals surface area contributed by atoms with E-state index in [1.807, 2.05) is 26.8 Å². The van der Waals surface area contributed by atoms with Crippen LogP contribution >= 0.6 is 0 Å². The van der Waals surface area contributed by atoms with Gasteiger partial charge in [-0.2, -0.15) is 0 Å². The molecule has 1 fully saturated rings. The Bertz CT molecular complexity index is 260. The Morgan fingerprint density at radius 2 is 2.25 bits per heavy atom. The molecule has 3 heteroatoms. The zero-order chi connectivity index (χ0) is 12.2. The summed E-state index contributed by atoms with van der Waals surface area (Å²) in [6.45, 7) is 11.1. The van der Waals surface area contributed by atoms with Crippen molar-refractivity contribution in [1.82, 2.24) is 5.32 Å². The summed E-state index contributed by atoms with van der Waals surface area (Å²) in [5.74, 6) is -0.0906. The van der Waals surface area contributed by atoms with Crippen molar-refractivity contribution in [1.29, 1.82) is 0 Å². The molecular formula is C13H23NO2. The Hall–Kier alpha value is -0.830. The topological polar surface area (TPSA) is 38.3 Å². The molecule has 16 heavy (non-hydrogen) atoms. The van der Waals surface area contributed by atoms with Crippen LogP contribution < -0.4 is 5.32 Å². The van der Waals surface area contributed by atoms with Crippen molar-refractivity contribution in [2.75, 3.05) is 13.1 Å². The molecule has 0 radical (unpaired) electrons. The van der Waals surface area contributed by atoms with E-state index in [0.717, 1.165) is 19.4 Å². The first-order valence-corrected chi connectivity index (χ1v) is 5.95. The zero-order valence-electron chi connectivity index (χ0n) is 10.6. The third-order valence-corrected chi connectivity index (χ3v) is 2.84. The van der Waals surface area contributed by atoms with Crippen LogP contribution in [0.1, 0.15) is 40.0 Å². The summed E-state index contributed by atoms with van der Waals surface area (Å²) in [6, 6.07) is 0. The van der Waals surface area contributed by atoms with E-state index in [4.69, 9.17) is 4.74 Å². The van der Waals surface area contributed by atoms with Crippen LogP contribution in [0, 0.1) is 5.41 Å². The molecular weight excluding hydrogens is 202 g/mol. The minimum atomic E-state index is -0.414. The van der Waals surface area contributed by atoms with Crippen molar-refractivity contribution in [3.05, 3.63) is 12.7 Å². The lowest BCUT2D eigenvalue weighted by atomic mass is 9.77. The van der Waals surface area contributed by atoms with Crippen LogP contribution in [0.2, 0.25) is 0 Å². The van der Waals surface area contributed by atoms with Gasteiger partial charge in [-0.05, 0) is 46.6 Å². The number of carbonyl (C=O) groups excluding carboxylic acids is 1. The number of nitrogens with one attached hydrogen (secondary N) is 1. The molecule has 0 amide bonds. The molecule has 0 spiro atoms. The standard InChI is InChI=1S/C13H23NO2/c1-5-7-13(8-6-9-14-10-13)11(15)16-12(2,3)4/h5,14H,1,6-10H2,2-4H3. The van der Waals surface area contributed by atoms with Crippen LogP contribution in [0.4, 0.5) is 0 Å². The molecule has 1 aliphatic heterocycles. The Kier molecular flexibility index (Phi) is 4.14. The van der Waals surface area contributed by atoms with E-state index in [9.17, 15) is 4.79 Å². The van der Waals surface area contributed by atoms with Gasteiger partial charge in [0.15, 0.2) is 0 Å². The van der Waals surface area contributed by atoms with Crippen molar-refractivity contribution in [3.63, 3.8) is 0 Å². The number of allylic oxidation sites excluding steroid dienone is 1. The van der Waals surface area contributed by atoms with Gasteiger partial charge in [-0.15, -0.1) is 6.58 Å². The third kappa shape index (κ3) is 3.34. The average Bonchev–Trinajstić information content (AvgIpc) is 2.17. The van der Waals surface area contributed by atoms with Crippen LogP contribution in [0.5, 0.6) is 0 Å². The fraction of sp³-hybridized carbons (Fsp3) is 0.769. The fourth-order valence-corrected chi connectivity index (χ4v) is 2.06. The van der Waals surface area contributed by atoms with Gasteiger partial charge >= 0.3 is 5.97 Å². The molecule has 1 saturated heterocycles. The molecule has 92 valence electrons. The maximum absolute atomic E-state index is 12.2. The smallest absolute Gasteiger partial charge is 0.314 e. The van der Waals surface area contributed by atoms with Gasteiger partial charge in [0, 0.05) is 6.54 Å². The molecule has 0 aromatic carbocycles. The number of esters is 1. The molecule has 0 bridgehead atoms. The molecule has 0 aliphatic carbocycles. The summed E-state index contributed by atoms with van der Waals surface area (Å²) in [5.41, 5.74) is -0.810. The zero-order valence-corrected chi connectivity index (χ0v) is 10.6. The van der Waals surface area contributed by atoms with E-state index in [2.05, 4.69) is 11.9 Å². The largest absolute Gasteiger partial charge is 0.459 e. The van der Waals surface area contributed by atoms with E-state index in [1.165, 1.54) is 0 Å². The number of piperidine rings is 1. The molecule has 0 saturated carbocycles. The third-order valence-electron chi connectivity index (χ3n) is 2.84. The molecule has 1 aliphatic rings. The first kappa shape index (κ1) is 13.2. The van der Waals surface area contributed by atoms with Crippen molar-refractivity contribution >= 4 is 5.97 Å². The monoisotopic (exact) mass is 225 g/mol. The first-order valence-electron chi connectivity index (χ1n) is 5.95. The normalized spacial score (nSPS) is 26.2. The van der Waals surface area contributed by atoms with Crippen LogP contribution in [-0.4, -0.2) is 24.7 Å². The second-order valence-electron chi connectivity index (χ2n) is 5.56. The summed E-state index contributed by atoms with van der Waals surface area (Å²) in [4.78, 5) is 12.2. The number of hydrogen-bond acceptors (Lipinski definition) is 3. The van der Waals surface area contributed by atoms with Crippen LogP contribution in [-0.2, 0) is 9.53 Å². The van der Waals surface area contributed by atoms with Crippen molar-refractivity contribution in [2.45, 2.75) is 45.6 Å². The average molecular weight is 225 g/mol. The molecule has 0 aromatic rings. The van der Waals surface area contributed by atoms with Crippen molar-refractivity contribution in [3.8, 4) is 0 Å². The maximum Gasteiger partial charge on any atom is 0.314 e. The summed E-state index contributed by atoms with van der Waals surface area (Å²) in [7, 11) is 0. The summed E-state index contributed by atoms with van der Waals surface area (Å²) in [6.07, 6.45) is 4.42. The second-order valence-corrected chi connectivity index (χ2v) is 5.56. The van der Waals surface area contributed by atoms with Gasteiger partial charge in [-0.3, -0.25) is 4.79 Å². The van der Waals surface area contributed by atoms with Crippen LogP contribution in [0.25, 0.3) is 0 Å². The molecule has 1 N–H and O–H groups in total. The van der Waals surface area contributed by atoms with Gasteiger partial charge in [0.25, 0.3) is 0 Å². The lowest BCUT2D eigenvalue weighted by Crippen LogP contribution is -2.47. The Morgan fingerprint density at radius 1 is 1.56 bits per heavy atom. The number of hydrogen-bond donors (Lipinski definition) is 1. The van der Waals surface area contributed by atoms with E-state index < -0.39 is 11.0 Å². The highest BCUT2D eigenvalue weighted by molar-refractivity contribution is 5.78. The van der Waals surface area contributed by atoms with Crippen molar-refractivity contribution < 1.29 is 9.53 Å². The first-order chi connectivity index (χ1) is 7.40. The summed E-state index contributed by atoms with van der Waals surface area (Å²) >= 11 is 0. The lowest BCUT2D eigenvalue weighted by molar-refractivity contribution is -0.168. The molecule has 1 unspecified atom stereocenters. The number of ether oxygens (including phenoxy) is 1. The number of rotatable bonds is 3. The second kappa shape index (κ2) is 5.00. The van der Waals surface area contributed by atoms with Gasteiger partial charge in [0.2, 0.25) is 0 Å². The minimum Gasteiger partial charge on any atom is -0.459 e. The van der Waals surface area contributed by atoms with Gasteiger partial charge in [0.1, 0.15) is 5.60 Å². The molecule has 0 aromatic heterocycles. The highest BCUT2D eigenvalue weighted by Crippen LogP contribution is 2.33. The predicted octanol–water partition coefficient (Wildman–Crippen LogP) is 2.27. The maximum atomic E-state index is 12.2. The summed E-state index contributed by atoms with van der Waals surface area (Å²) in [5, 5.41) is 3.28. The molecule has 1 heterocycles. The predicted molar refractivity (Wildman–Crippen MR) is 65.2 cm³/mol. The fourth-order valence-electron chi connectivity index (χ4n) is 2.06. The van der Waals surface area contributed by atoms with E-state index in [-0.39, 0.29) is 5.97 Å². The number of carbonyl (C=O) groups is 1. The van der Waals surface area contributed by atoms with Crippen LogP contribution in [0.15, 0.2) is 12.7 Å². The SMILES string of the molecule is C=CCC1(C(=O)OC(C)(C)C)CCCNC1. The molecule has 3 nitrogen and oxygen atoms in total. The van der Waals surface area contributed by atoms with E-state index in [0.29, 0.717) is 13.0 Å². The highest BCUT2D eigenvalue weighted by Gasteiger charge is 2.41. The van der Waals surface area contributed by atoms with Crippen LogP contribution in [0.3, 0.4) is 0 Å². The minimum absolute atomic E-state index is 0.0906. The quantitative estimate of drug-likeness (QED) is 0.591. The van der Waals surface area contributed by atoms with Gasteiger partial charge in [-0.25, -0.2) is 0 Å².